The number of carbonyl (C=O) groups is 2. The number of hydrogen-bond acceptors (Lipinski definition) is 4. The standard InChI is InChI=1S/C11H11ClO5/c1-3-17-11(15)7-4-8(12)6(10(13)14)5-9(7)16-2/h4-5H,3H2,1-2H3,(H,13,14). The molecule has 0 unspecified atom stereocenters. The van der Waals surface area contributed by atoms with E-state index >= 15 is 0 Å². The third-order valence-corrected chi connectivity index (χ3v) is 2.33. The summed E-state index contributed by atoms with van der Waals surface area (Å²) in [5.74, 6) is -1.68. The number of rotatable bonds is 4. The van der Waals surface area contributed by atoms with Gasteiger partial charge in [0.2, 0.25) is 0 Å². The SMILES string of the molecule is CCOC(=O)c1cc(Cl)c(C(=O)O)cc1OC. The van der Waals surface area contributed by atoms with Gasteiger partial charge in [0.1, 0.15) is 11.3 Å². The van der Waals surface area contributed by atoms with Crippen LogP contribution in [0.2, 0.25) is 5.02 Å². The second-order valence-corrected chi connectivity index (χ2v) is 3.47. The zero-order valence-electron chi connectivity index (χ0n) is 9.32. The topological polar surface area (TPSA) is 72.8 Å². The van der Waals surface area contributed by atoms with Crippen molar-refractivity contribution in [2.24, 2.45) is 0 Å². The van der Waals surface area contributed by atoms with E-state index in [1.165, 1.54) is 19.2 Å². The van der Waals surface area contributed by atoms with Crippen molar-refractivity contribution in [2.75, 3.05) is 13.7 Å². The summed E-state index contributed by atoms with van der Waals surface area (Å²) in [5.41, 5.74) is -0.0269. The fourth-order valence-corrected chi connectivity index (χ4v) is 1.50. The summed E-state index contributed by atoms with van der Waals surface area (Å²) in [5, 5.41) is 8.82. The molecular weight excluding hydrogens is 248 g/mol. The zero-order valence-corrected chi connectivity index (χ0v) is 10.1. The average Bonchev–Trinajstić information content (AvgIpc) is 2.28. The minimum absolute atomic E-state index is 0.0404. The zero-order chi connectivity index (χ0) is 13.0. The Morgan fingerprint density at radius 2 is 2.00 bits per heavy atom. The molecule has 5 nitrogen and oxygen atoms in total. The van der Waals surface area contributed by atoms with E-state index in [2.05, 4.69) is 0 Å². The minimum atomic E-state index is -1.19. The van der Waals surface area contributed by atoms with Gasteiger partial charge in [0, 0.05) is 0 Å². The van der Waals surface area contributed by atoms with Crippen LogP contribution in [0.3, 0.4) is 0 Å². The molecule has 1 aromatic carbocycles. The summed E-state index contributed by atoms with van der Waals surface area (Å²) in [6.45, 7) is 1.87. The highest BCUT2D eigenvalue weighted by Gasteiger charge is 2.19. The lowest BCUT2D eigenvalue weighted by Gasteiger charge is -2.09. The highest BCUT2D eigenvalue weighted by molar-refractivity contribution is 6.34. The molecule has 6 heteroatoms. The number of carboxylic acids is 1. The molecule has 1 aromatic rings. The number of hydrogen-bond donors (Lipinski definition) is 1. The van der Waals surface area contributed by atoms with E-state index in [1.807, 2.05) is 0 Å². The second kappa shape index (κ2) is 5.54. The molecule has 17 heavy (non-hydrogen) atoms. The lowest BCUT2D eigenvalue weighted by molar-refractivity contribution is 0.0521. The highest BCUT2D eigenvalue weighted by Crippen LogP contribution is 2.27. The molecule has 0 aliphatic carbocycles. The predicted molar refractivity (Wildman–Crippen MR) is 60.9 cm³/mol. The molecular formula is C11H11ClO5. The maximum Gasteiger partial charge on any atom is 0.341 e. The Labute approximate surface area is 103 Å². The van der Waals surface area contributed by atoms with E-state index in [-0.39, 0.29) is 28.5 Å². The van der Waals surface area contributed by atoms with Crippen molar-refractivity contribution in [3.05, 3.63) is 28.3 Å². The second-order valence-electron chi connectivity index (χ2n) is 3.06. The van der Waals surface area contributed by atoms with Crippen LogP contribution in [0.15, 0.2) is 12.1 Å². The Kier molecular flexibility index (Phi) is 4.34. The van der Waals surface area contributed by atoms with Crippen molar-refractivity contribution < 1.29 is 24.2 Å². The normalized spacial score (nSPS) is 9.82. The Balaban J connectivity index is 3.28. The van der Waals surface area contributed by atoms with Gasteiger partial charge in [0.05, 0.1) is 24.3 Å². The van der Waals surface area contributed by atoms with Gasteiger partial charge < -0.3 is 14.6 Å². The number of aromatic carboxylic acids is 1. The molecule has 0 bridgehead atoms. The molecule has 0 spiro atoms. The molecule has 0 fully saturated rings. The fraction of sp³-hybridized carbons (Fsp3) is 0.273. The van der Waals surface area contributed by atoms with E-state index in [0.717, 1.165) is 0 Å². The highest BCUT2D eigenvalue weighted by atomic mass is 35.5. The number of benzene rings is 1. The van der Waals surface area contributed by atoms with Gasteiger partial charge in [-0.25, -0.2) is 9.59 Å². The van der Waals surface area contributed by atoms with Crippen LogP contribution in [0.25, 0.3) is 0 Å². The molecule has 0 atom stereocenters. The molecule has 0 saturated heterocycles. The number of halogens is 1. The first kappa shape index (κ1) is 13.3. The van der Waals surface area contributed by atoms with E-state index < -0.39 is 11.9 Å². The third kappa shape index (κ3) is 2.88. The molecule has 1 N–H and O–H groups in total. The number of carboxylic acid groups (broad SMARTS) is 1. The van der Waals surface area contributed by atoms with Gasteiger partial charge in [-0.2, -0.15) is 0 Å². The van der Waals surface area contributed by atoms with Gasteiger partial charge in [-0.1, -0.05) is 11.6 Å². The van der Waals surface area contributed by atoms with Crippen LogP contribution in [-0.4, -0.2) is 30.8 Å². The van der Waals surface area contributed by atoms with Gasteiger partial charge in [-0.3, -0.25) is 0 Å². The summed E-state index contributed by atoms with van der Waals surface area (Å²) < 4.78 is 9.74. The van der Waals surface area contributed by atoms with Gasteiger partial charge in [0.15, 0.2) is 0 Å². The summed E-state index contributed by atoms with van der Waals surface area (Å²) >= 11 is 5.75. The lowest BCUT2D eigenvalue weighted by Crippen LogP contribution is -2.08. The van der Waals surface area contributed by atoms with Gasteiger partial charge in [0.25, 0.3) is 0 Å². The van der Waals surface area contributed by atoms with Gasteiger partial charge >= 0.3 is 11.9 Å². The summed E-state index contributed by atoms with van der Waals surface area (Å²) in [6.07, 6.45) is 0. The Morgan fingerprint density at radius 3 is 2.47 bits per heavy atom. The molecule has 0 amide bonds. The summed E-state index contributed by atoms with van der Waals surface area (Å²) in [4.78, 5) is 22.4. The quantitative estimate of drug-likeness (QED) is 0.839. The molecule has 0 aliphatic rings. The van der Waals surface area contributed by atoms with Gasteiger partial charge in [-0.05, 0) is 19.1 Å². The van der Waals surface area contributed by atoms with Crippen molar-refractivity contribution in [3.63, 3.8) is 0 Å². The van der Waals surface area contributed by atoms with Crippen LogP contribution >= 0.6 is 11.6 Å². The van der Waals surface area contributed by atoms with E-state index in [4.69, 9.17) is 26.2 Å². The molecule has 92 valence electrons. The molecule has 1 rings (SSSR count). The molecule has 0 heterocycles. The smallest absolute Gasteiger partial charge is 0.341 e. The van der Waals surface area contributed by atoms with E-state index in [0.29, 0.717) is 0 Å². The van der Waals surface area contributed by atoms with Gasteiger partial charge in [-0.15, -0.1) is 0 Å². The Morgan fingerprint density at radius 1 is 1.35 bits per heavy atom. The van der Waals surface area contributed by atoms with Crippen LogP contribution in [0.4, 0.5) is 0 Å². The van der Waals surface area contributed by atoms with Crippen LogP contribution < -0.4 is 4.74 Å². The van der Waals surface area contributed by atoms with Crippen LogP contribution in [0.1, 0.15) is 27.6 Å². The minimum Gasteiger partial charge on any atom is -0.496 e. The van der Waals surface area contributed by atoms with E-state index in [9.17, 15) is 9.59 Å². The first-order valence-electron chi connectivity index (χ1n) is 4.79. The number of esters is 1. The molecule has 0 aromatic heterocycles. The third-order valence-electron chi connectivity index (χ3n) is 2.01. The van der Waals surface area contributed by atoms with Crippen LogP contribution in [0.5, 0.6) is 5.75 Å². The average molecular weight is 259 g/mol. The number of ether oxygens (including phenoxy) is 2. The Bertz CT molecular complexity index is 455. The first-order valence-corrected chi connectivity index (χ1v) is 5.17. The Hall–Kier alpha value is -1.75. The van der Waals surface area contributed by atoms with Crippen molar-refractivity contribution in [2.45, 2.75) is 6.92 Å². The number of carbonyl (C=O) groups excluding carboxylic acids is 1. The molecule has 0 radical (unpaired) electrons. The van der Waals surface area contributed by atoms with Crippen LogP contribution in [0, 0.1) is 0 Å². The summed E-state index contributed by atoms with van der Waals surface area (Å²) in [7, 11) is 1.33. The van der Waals surface area contributed by atoms with Crippen molar-refractivity contribution in [1.82, 2.24) is 0 Å². The maximum atomic E-state index is 11.5. The maximum absolute atomic E-state index is 11.5. The molecule has 0 aliphatic heterocycles. The summed E-state index contributed by atoms with van der Waals surface area (Å²) in [6, 6.07) is 2.42. The molecule has 0 saturated carbocycles. The largest absolute Gasteiger partial charge is 0.496 e. The fourth-order valence-electron chi connectivity index (χ4n) is 1.25. The van der Waals surface area contributed by atoms with Crippen LogP contribution in [-0.2, 0) is 4.74 Å². The first-order chi connectivity index (χ1) is 8.01. The van der Waals surface area contributed by atoms with Crippen molar-refractivity contribution >= 4 is 23.5 Å². The predicted octanol–water partition coefficient (Wildman–Crippen LogP) is 2.22. The lowest BCUT2D eigenvalue weighted by atomic mass is 10.1. The van der Waals surface area contributed by atoms with Crippen molar-refractivity contribution in [1.29, 1.82) is 0 Å². The number of methoxy groups -OCH3 is 1. The van der Waals surface area contributed by atoms with E-state index in [1.54, 1.807) is 6.92 Å². The monoisotopic (exact) mass is 258 g/mol. The van der Waals surface area contributed by atoms with Crippen molar-refractivity contribution in [3.8, 4) is 5.75 Å².